The minimum absolute atomic E-state index is 0.0302. The third kappa shape index (κ3) is 54.0. The Hall–Kier alpha value is -2.81. The van der Waals surface area contributed by atoms with Crippen LogP contribution < -0.4 is 10.2 Å². The van der Waals surface area contributed by atoms with Crippen molar-refractivity contribution < 1.29 is 37.3 Å². The quantitative estimate of drug-likeness (QED) is 0.0212. The number of hydrogen-bond acceptors (Lipinski definition) is 7. The first-order valence-electron chi connectivity index (χ1n) is 30.4. The second kappa shape index (κ2) is 53.6. The Balaban J connectivity index is 5.20. The van der Waals surface area contributed by atoms with Crippen LogP contribution in [0.1, 0.15) is 258 Å². The Morgan fingerprint density at radius 3 is 1.32 bits per heavy atom. The predicted molar refractivity (Wildman–Crippen MR) is 316 cm³/mol. The lowest BCUT2D eigenvalue weighted by molar-refractivity contribution is -0.870. The first kappa shape index (κ1) is 71.2. The summed E-state index contributed by atoms with van der Waals surface area (Å²) >= 11 is 0. The van der Waals surface area contributed by atoms with Crippen LogP contribution in [0.25, 0.3) is 0 Å². The molecule has 1 N–H and O–H groups in total. The van der Waals surface area contributed by atoms with Gasteiger partial charge in [0.25, 0.3) is 7.82 Å². The van der Waals surface area contributed by atoms with Gasteiger partial charge in [0, 0.05) is 12.8 Å². The molecule has 0 rings (SSSR count). The van der Waals surface area contributed by atoms with Crippen LogP contribution in [0.15, 0.2) is 85.1 Å². The smallest absolute Gasteiger partial charge is 0.306 e. The van der Waals surface area contributed by atoms with Gasteiger partial charge in [-0.25, -0.2) is 0 Å². The summed E-state index contributed by atoms with van der Waals surface area (Å²) in [5, 5.41) is 3.02. The molecule has 0 aromatic carbocycles. The van der Waals surface area contributed by atoms with Crippen molar-refractivity contribution in [3.63, 3.8) is 0 Å². The average molecular weight is 1060 g/mol. The SMILES string of the molecule is CC/C=C/C/C=C/C/C=C/CCCCCCC(=O)OC(/C=C\CCCCCCCCCCC)C(COP(=O)([O-])OCC[N+](C)(C)C)NC(=O)CCCCCCCCCCCC/C=C\C/C=C\C/C=C\CCCCC. The highest BCUT2D eigenvalue weighted by molar-refractivity contribution is 7.45. The zero-order valence-corrected chi connectivity index (χ0v) is 49.7. The number of ether oxygens (including phenoxy) is 1. The summed E-state index contributed by atoms with van der Waals surface area (Å²) in [6.07, 6.45) is 69.8. The molecular weight excluding hydrogens is 940 g/mol. The maximum Gasteiger partial charge on any atom is 0.306 e. The summed E-state index contributed by atoms with van der Waals surface area (Å²) in [5.74, 6) is -0.574. The van der Waals surface area contributed by atoms with Crippen LogP contribution in [0.5, 0.6) is 0 Å². The molecule has 0 heterocycles. The number of phosphoric ester groups is 1. The van der Waals surface area contributed by atoms with Crippen molar-refractivity contribution in [3.05, 3.63) is 85.1 Å². The van der Waals surface area contributed by atoms with Crippen LogP contribution >= 0.6 is 7.82 Å². The maximum absolute atomic E-state index is 13.5. The van der Waals surface area contributed by atoms with Crippen LogP contribution in [-0.4, -0.2) is 69.4 Å². The van der Waals surface area contributed by atoms with Crippen LogP contribution in [0.3, 0.4) is 0 Å². The van der Waals surface area contributed by atoms with Gasteiger partial charge in [-0.3, -0.25) is 14.2 Å². The molecule has 0 spiro atoms. The Morgan fingerprint density at radius 1 is 0.486 bits per heavy atom. The minimum atomic E-state index is -4.70. The van der Waals surface area contributed by atoms with E-state index in [1.165, 1.54) is 109 Å². The van der Waals surface area contributed by atoms with E-state index >= 15 is 0 Å². The minimum Gasteiger partial charge on any atom is -0.756 e. The highest BCUT2D eigenvalue weighted by Gasteiger charge is 2.27. The molecule has 3 unspecified atom stereocenters. The van der Waals surface area contributed by atoms with Crippen LogP contribution in [0.2, 0.25) is 0 Å². The number of allylic oxidation sites excluding steroid dienone is 13. The van der Waals surface area contributed by atoms with Crippen molar-refractivity contribution in [3.8, 4) is 0 Å². The molecule has 10 heteroatoms. The van der Waals surface area contributed by atoms with Gasteiger partial charge in [0.15, 0.2) is 0 Å². The van der Waals surface area contributed by atoms with Crippen LogP contribution in [0.4, 0.5) is 0 Å². The molecular formula is C64H115N2O7P. The summed E-state index contributed by atoms with van der Waals surface area (Å²) in [4.78, 5) is 39.9. The third-order valence-corrected chi connectivity index (χ3v) is 14.0. The molecule has 0 saturated heterocycles. The van der Waals surface area contributed by atoms with Crippen molar-refractivity contribution in [1.29, 1.82) is 0 Å². The average Bonchev–Trinajstić information content (AvgIpc) is 3.36. The number of carbonyl (C=O) groups excluding carboxylic acids is 2. The number of quaternary nitrogens is 1. The standard InChI is InChI=1S/C64H115N2O7P/c1-7-10-13-16-19-22-25-27-29-30-31-32-33-34-35-36-37-38-41-44-47-50-53-56-63(67)65-61(60-72-74(69,70)71-59-58-66(4,5)6)62(55-52-49-46-43-40-24-21-18-15-12-9-3)73-64(68)57-54-51-48-45-42-39-28-26-23-20-17-14-11-8-2/h11,14,19-20,22-23,27-29,31-32,39,52,55,61-62H,7-10,12-13,15-18,21,24-26,30,33-38,40-51,53-54,56-60H2,1-6H3,(H-,65,67,69,70)/b14-11+,22-19-,23-20+,29-27-,32-31-,39-28+,55-52-. The molecule has 9 nitrogen and oxygen atoms in total. The van der Waals surface area contributed by atoms with E-state index in [0.29, 0.717) is 23.9 Å². The number of carbonyl (C=O) groups is 2. The number of nitrogens with zero attached hydrogens (tertiary/aromatic N) is 1. The lowest BCUT2D eigenvalue weighted by atomic mass is 10.0. The van der Waals surface area contributed by atoms with Crippen LogP contribution in [-0.2, 0) is 27.9 Å². The van der Waals surface area contributed by atoms with Gasteiger partial charge < -0.3 is 28.5 Å². The number of unbranched alkanes of at least 4 members (excludes halogenated alkanes) is 26. The summed E-state index contributed by atoms with van der Waals surface area (Å²) in [6.45, 7) is 6.67. The molecule has 0 aliphatic carbocycles. The lowest BCUT2D eigenvalue weighted by Crippen LogP contribution is -2.47. The van der Waals surface area contributed by atoms with Crippen molar-refractivity contribution >= 4 is 19.7 Å². The highest BCUT2D eigenvalue weighted by atomic mass is 31.2. The molecule has 1 amide bonds. The highest BCUT2D eigenvalue weighted by Crippen LogP contribution is 2.38. The maximum atomic E-state index is 13.5. The number of rotatable bonds is 54. The van der Waals surface area contributed by atoms with E-state index in [1.807, 2.05) is 33.3 Å². The Morgan fingerprint density at radius 2 is 0.865 bits per heavy atom. The predicted octanol–water partition coefficient (Wildman–Crippen LogP) is 18.0. The van der Waals surface area contributed by atoms with Gasteiger partial charge in [0.2, 0.25) is 5.91 Å². The van der Waals surface area contributed by atoms with E-state index < -0.39 is 26.6 Å². The molecule has 0 aliphatic heterocycles. The normalized spacial score (nSPS) is 14.3. The fraction of sp³-hybridized carbons (Fsp3) is 0.750. The first-order chi connectivity index (χ1) is 35.9. The number of phosphoric acid groups is 1. The monoisotopic (exact) mass is 1050 g/mol. The Bertz CT molecular complexity index is 1540. The molecule has 0 bridgehead atoms. The van der Waals surface area contributed by atoms with Crippen molar-refractivity contribution in [2.45, 2.75) is 270 Å². The number of esters is 1. The summed E-state index contributed by atoms with van der Waals surface area (Å²) in [5.41, 5.74) is 0. The largest absolute Gasteiger partial charge is 0.756 e. The number of hydrogen-bond donors (Lipinski definition) is 1. The molecule has 0 radical (unpaired) electrons. The fourth-order valence-corrected chi connectivity index (χ4v) is 9.09. The second-order valence-electron chi connectivity index (χ2n) is 21.5. The number of likely N-dealkylation sites (N-methyl/N-ethyl adjacent to an activating group) is 1. The zero-order chi connectivity index (χ0) is 54.3. The Kier molecular flexibility index (Phi) is 51.5. The van der Waals surface area contributed by atoms with Crippen molar-refractivity contribution in [2.75, 3.05) is 40.9 Å². The van der Waals surface area contributed by atoms with Gasteiger partial charge in [-0.1, -0.05) is 228 Å². The van der Waals surface area contributed by atoms with Crippen molar-refractivity contribution in [2.24, 2.45) is 0 Å². The molecule has 0 fully saturated rings. The summed E-state index contributed by atoms with van der Waals surface area (Å²) in [6, 6.07) is -0.903. The first-order valence-corrected chi connectivity index (χ1v) is 31.9. The molecule has 0 aliphatic rings. The van der Waals surface area contributed by atoms with Gasteiger partial charge in [-0.2, -0.15) is 0 Å². The van der Waals surface area contributed by atoms with E-state index in [1.54, 1.807) is 0 Å². The molecule has 3 atom stereocenters. The molecule has 0 aromatic rings. The second-order valence-corrected chi connectivity index (χ2v) is 22.9. The topological polar surface area (TPSA) is 114 Å². The summed E-state index contributed by atoms with van der Waals surface area (Å²) in [7, 11) is 1.16. The lowest BCUT2D eigenvalue weighted by Gasteiger charge is -2.30. The molecule has 0 saturated carbocycles. The molecule has 74 heavy (non-hydrogen) atoms. The van der Waals surface area contributed by atoms with Gasteiger partial charge in [-0.05, 0) is 102 Å². The van der Waals surface area contributed by atoms with Gasteiger partial charge >= 0.3 is 5.97 Å². The number of nitrogens with one attached hydrogen (secondary N) is 1. The van der Waals surface area contributed by atoms with Gasteiger partial charge in [-0.15, -0.1) is 0 Å². The molecule has 0 aromatic heterocycles. The molecule has 428 valence electrons. The van der Waals surface area contributed by atoms with E-state index in [-0.39, 0.29) is 24.9 Å². The summed E-state index contributed by atoms with van der Waals surface area (Å²) < 4.78 is 30.2. The van der Waals surface area contributed by atoms with Gasteiger partial charge in [0.1, 0.15) is 19.3 Å². The Labute approximate surface area is 456 Å². The zero-order valence-electron chi connectivity index (χ0n) is 48.8. The van der Waals surface area contributed by atoms with Crippen LogP contribution in [0, 0.1) is 0 Å². The fourth-order valence-electron chi connectivity index (χ4n) is 8.37. The van der Waals surface area contributed by atoms with Crippen molar-refractivity contribution in [1.82, 2.24) is 5.32 Å². The van der Waals surface area contributed by atoms with E-state index in [2.05, 4.69) is 99.0 Å². The number of amides is 1. The van der Waals surface area contributed by atoms with E-state index in [0.717, 1.165) is 109 Å². The van der Waals surface area contributed by atoms with E-state index in [9.17, 15) is 19.0 Å². The van der Waals surface area contributed by atoms with E-state index in [4.69, 9.17) is 13.8 Å². The third-order valence-electron chi connectivity index (χ3n) is 13.1. The van der Waals surface area contributed by atoms with Gasteiger partial charge in [0.05, 0.1) is 33.8 Å².